The van der Waals surface area contributed by atoms with Crippen molar-refractivity contribution in [2.45, 2.75) is 19.3 Å². The molecule has 0 aliphatic carbocycles. The molecule has 0 spiro atoms. The van der Waals surface area contributed by atoms with E-state index >= 15 is 0 Å². The van der Waals surface area contributed by atoms with Crippen LogP contribution in [0.1, 0.15) is 11.1 Å². The zero-order valence-electron chi connectivity index (χ0n) is 9.34. The van der Waals surface area contributed by atoms with Gasteiger partial charge in [0.05, 0.1) is 19.5 Å². The molecule has 5 heteroatoms. The van der Waals surface area contributed by atoms with Gasteiger partial charge in [0, 0.05) is 0 Å². The maximum atomic E-state index is 13.4. The molecular weight excluding hydrogens is 231 g/mol. The molecule has 0 saturated carbocycles. The van der Waals surface area contributed by atoms with Crippen molar-refractivity contribution in [1.82, 2.24) is 4.90 Å². The van der Waals surface area contributed by atoms with Crippen LogP contribution in [0.3, 0.4) is 0 Å². The zero-order chi connectivity index (χ0) is 12.6. The Bertz CT molecular complexity index is 451. The van der Waals surface area contributed by atoms with Gasteiger partial charge in [0.1, 0.15) is 5.82 Å². The normalized spacial score (nSPS) is 17.8. The number of hydrogen-bond donors (Lipinski definition) is 0. The van der Waals surface area contributed by atoms with Crippen LogP contribution in [0.5, 0.6) is 0 Å². The second-order valence-corrected chi connectivity index (χ2v) is 4.38. The van der Waals surface area contributed by atoms with Crippen LogP contribution in [-0.4, -0.2) is 29.8 Å². The third kappa shape index (κ3) is 2.60. The number of halogens is 3. The molecule has 1 heterocycles. The van der Waals surface area contributed by atoms with Gasteiger partial charge in [-0.2, -0.15) is 0 Å². The molecule has 0 bridgehead atoms. The lowest BCUT2D eigenvalue weighted by atomic mass is 10.1. The van der Waals surface area contributed by atoms with Crippen molar-refractivity contribution in [2.24, 2.45) is 0 Å². The molecular formula is C12H12F3NO. The number of amides is 1. The molecule has 1 aliphatic heterocycles. The van der Waals surface area contributed by atoms with Gasteiger partial charge in [0.2, 0.25) is 5.91 Å². The maximum absolute atomic E-state index is 13.4. The van der Waals surface area contributed by atoms with Crippen LogP contribution >= 0.6 is 0 Å². The minimum atomic E-state index is -2.78. The average molecular weight is 243 g/mol. The fraction of sp³-hybridized carbons (Fsp3) is 0.417. The predicted molar refractivity (Wildman–Crippen MR) is 56.4 cm³/mol. The highest BCUT2D eigenvalue weighted by molar-refractivity contribution is 5.79. The summed E-state index contributed by atoms with van der Waals surface area (Å²) in [5, 5.41) is 0. The first-order valence-electron chi connectivity index (χ1n) is 5.28. The summed E-state index contributed by atoms with van der Waals surface area (Å²) >= 11 is 0. The van der Waals surface area contributed by atoms with Gasteiger partial charge in [-0.3, -0.25) is 4.79 Å². The highest BCUT2D eigenvalue weighted by atomic mass is 19.3. The van der Waals surface area contributed by atoms with Crippen LogP contribution in [0.15, 0.2) is 18.2 Å². The number of carbonyl (C=O) groups excluding carboxylic acids is 1. The molecule has 0 atom stereocenters. The SMILES string of the molecule is Cc1ccc(CC(=O)N2CC(F)(F)C2)c(F)c1. The van der Waals surface area contributed by atoms with E-state index in [2.05, 4.69) is 0 Å². The Hall–Kier alpha value is -1.52. The van der Waals surface area contributed by atoms with Crippen molar-refractivity contribution < 1.29 is 18.0 Å². The second kappa shape index (κ2) is 4.05. The number of likely N-dealkylation sites (tertiary alicyclic amines) is 1. The van der Waals surface area contributed by atoms with Crippen molar-refractivity contribution in [3.8, 4) is 0 Å². The van der Waals surface area contributed by atoms with Crippen LogP contribution in [0.25, 0.3) is 0 Å². The van der Waals surface area contributed by atoms with E-state index in [1.165, 1.54) is 12.1 Å². The van der Waals surface area contributed by atoms with Crippen LogP contribution in [0.4, 0.5) is 13.2 Å². The molecule has 0 aromatic heterocycles. The molecule has 1 aromatic carbocycles. The summed E-state index contributed by atoms with van der Waals surface area (Å²) in [7, 11) is 0. The molecule has 1 fully saturated rings. The van der Waals surface area contributed by atoms with Crippen molar-refractivity contribution in [1.29, 1.82) is 0 Å². The van der Waals surface area contributed by atoms with Crippen molar-refractivity contribution >= 4 is 5.91 Å². The quantitative estimate of drug-likeness (QED) is 0.779. The van der Waals surface area contributed by atoms with Gasteiger partial charge < -0.3 is 4.90 Å². The molecule has 2 rings (SSSR count). The summed E-state index contributed by atoms with van der Waals surface area (Å²) in [4.78, 5) is 12.6. The van der Waals surface area contributed by atoms with Crippen LogP contribution in [-0.2, 0) is 11.2 Å². The largest absolute Gasteiger partial charge is 0.330 e. The highest BCUT2D eigenvalue weighted by Crippen LogP contribution is 2.27. The Labute approximate surface area is 97.0 Å². The Kier molecular flexibility index (Phi) is 2.85. The minimum absolute atomic E-state index is 0.164. The standard InChI is InChI=1S/C12H12F3NO/c1-8-2-3-9(10(13)4-8)5-11(17)16-6-12(14,15)7-16/h2-4H,5-7H2,1H3. The van der Waals surface area contributed by atoms with Crippen LogP contribution in [0, 0.1) is 12.7 Å². The van der Waals surface area contributed by atoms with Gasteiger partial charge in [-0.25, -0.2) is 13.2 Å². The van der Waals surface area contributed by atoms with E-state index in [9.17, 15) is 18.0 Å². The fourth-order valence-electron chi connectivity index (χ4n) is 1.76. The van der Waals surface area contributed by atoms with E-state index < -0.39 is 30.7 Å². The smallest absolute Gasteiger partial charge is 0.282 e. The van der Waals surface area contributed by atoms with Crippen LogP contribution < -0.4 is 0 Å². The lowest BCUT2D eigenvalue weighted by molar-refractivity contribution is -0.165. The van der Waals surface area contributed by atoms with E-state index in [4.69, 9.17) is 0 Å². The van der Waals surface area contributed by atoms with E-state index in [0.29, 0.717) is 0 Å². The Morgan fingerprint density at radius 3 is 2.59 bits per heavy atom. The molecule has 0 unspecified atom stereocenters. The number of carbonyl (C=O) groups is 1. The summed E-state index contributed by atoms with van der Waals surface area (Å²) in [5.74, 6) is -3.70. The second-order valence-electron chi connectivity index (χ2n) is 4.38. The minimum Gasteiger partial charge on any atom is -0.330 e. The Morgan fingerprint density at radius 2 is 2.06 bits per heavy atom. The number of rotatable bonds is 2. The molecule has 1 aliphatic rings. The average Bonchev–Trinajstić information content (AvgIpc) is 2.18. The summed E-state index contributed by atoms with van der Waals surface area (Å²) in [6, 6.07) is 4.53. The summed E-state index contributed by atoms with van der Waals surface area (Å²) < 4.78 is 38.5. The number of alkyl halides is 2. The fourth-order valence-corrected chi connectivity index (χ4v) is 1.76. The van der Waals surface area contributed by atoms with Gasteiger partial charge in [-0.1, -0.05) is 12.1 Å². The zero-order valence-corrected chi connectivity index (χ0v) is 9.34. The number of benzene rings is 1. The van der Waals surface area contributed by atoms with Crippen LogP contribution in [0.2, 0.25) is 0 Å². The Morgan fingerprint density at radius 1 is 1.41 bits per heavy atom. The van der Waals surface area contributed by atoms with Crippen molar-refractivity contribution in [3.63, 3.8) is 0 Å². The van der Waals surface area contributed by atoms with Crippen molar-refractivity contribution in [2.75, 3.05) is 13.1 Å². The molecule has 92 valence electrons. The predicted octanol–water partition coefficient (Wildman–Crippen LogP) is 2.15. The van der Waals surface area contributed by atoms with Gasteiger partial charge in [-0.05, 0) is 24.1 Å². The summed E-state index contributed by atoms with van der Waals surface area (Å²) in [6.07, 6.45) is -0.164. The first kappa shape index (κ1) is 12.0. The van der Waals surface area contributed by atoms with E-state index in [1.54, 1.807) is 13.0 Å². The summed E-state index contributed by atoms with van der Waals surface area (Å²) in [5.41, 5.74) is 1.00. The summed E-state index contributed by atoms with van der Waals surface area (Å²) in [6.45, 7) is 0.628. The first-order valence-corrected chi connectivity index (χ1v) is 5.28. The first-order chi connectivity index (χ1) is 7.87. The third-order valence-electron chi connectivity index (χ3n) is 2.75. The van der Waals surface area contributed by atoms with Crippen molar-refractivity contribution in [3.05, 3.63) is 35.1 Å². The third-order valence-corrected chi connectivity index (χ3v) is 2.75. The molecule has 1 saturated heterocycles. The molecule has 1 aromatic rings. The van der Waals surface area contributed by atoms with Gasteiger partial charge in [0.25, 0.3) is 5.92 Å². The van der Waals surface area contributed by atoms with Gasteiger partial charge in [-0.15, -0.1) is 0 Å². The molecule has 0 N–H and O–H groups in total. The monoisotopic (exact) mass is 243 g/mol. The lowest BCUT2D eigenvalue weighted by Gasteiger charge is -2.38. The molecule has 2 nitrogen and oxygen atoms in total. The molecule has 0 radical (unpaired) electrons. The van der Waals surface area contributed by atoms with E-state index in [0.717, 1.165) is 10.5 Å². The molecule has 1 amide bonds. The lowest BCUT2D eigenvalue weighted by Crippen LogP contribution is -2.58. The number of nitrogens with zero attached hydrogens (tertiary/aromatic N) is 1. The molecule has 17 heavy (non-hydrogen) atoms. The topological polar surface area (TPSA) is 20.3 Å². The van der Waals surface area contributed by atoms with Gasteiger partial charge >= 0.3 is 0 Å². The Balaban J connectivity index is 2.00. The number of aryl methyl sites for hydroxylation is 1. The van der Waals surface area contributed by atoms with E-state index in [1.807, 2.05) is 0 Å². The number of hydrogen-bond acceptors (Lipinski definition) is 1. The highest BCUT2D eigenvalue weighted by Gasteiger charge is 2.45. The van der Waals surface area contributed by atoms with E-state index in [-0.39, 0.29) is 12.0 Å². The maximum Gasteiger partial charge on any atom is 0.282 e. The van der Waals surface area contributed by atoms with Gasteiger partial charge in [0.15, 0.2) is 0 Å².